The molecule has 0 unspecified atom stereocenters. The molecule has 26 heavy (non-hydrogen) atoms. The van der Waals surface area contributed by atoms with E-state index in [1.165, 1.54) is 15.6 Å². The fourth-order valence-corrected chi connectivity index (χ4v) is 6.35. The highest BCUT2D eigenvalue weighted by Crippen LogP contribution is 2.37. The number of H-pyrrole nitrogens is 1. The molecule has 0 bridgehead atoms. The summed E-state index contributed by atoms with van der Waals surface area (Å²) in [5, 5.41) is 11.6. The third-order valence-corrected chi connectivity index (χ3v) is 7.83. The zero-order valence-electron chi connectivity index (χ0n) is 15.1. The van der Waals surface area contributed by atoms with Crippen LogP contribution in [0.15, 0.2) is 23.1 Å². The lowest BCUT2D eigenvalue weighted by Crippen LogP contribution is -2.51. The monoisotopic (exact) mass is 391 g/mol. The average molecular weight is 392 g/mol. The average Bonchev–Trinajstić information content (AvgIpc) is 3.17. The second-order valence-electron chi connectivity index (χ2n) is 6.81. The molecule has 0 saturated carbocycles. The van der Waals surface area contributed by atoms with Gasteiger partial charge < -0.3 is 0 Å². The summed E-state index contributed by atoms with van der Waals surface area (Å²) in [4.78, 5) is 2.03. The van der Waals surface area contributed by atoms with Crippen LogP contribution in [0, 0.1) is 27.7 Å². The highest BCUT2D eigenvalue weighted by Gasteiger charge is 2.39. The van der Waals surface area contributed by atoms with Gasteiger partial charge in [0.1, 0.15) is 5.69 Å². The molecular formula is C17H21N5O2S2. The van der Waals surface area contributed by atoms with Gasteiger partial charge in [0, 0.05) is 29.4 Å². The highest BCUT2D eigenvalue weighted by molar-refractivity contribution is 7.89. The van der Waals surface area contributed by atoms with Gasteiger partial charge >= 0.3 is 0 Å². The van der Waals surface area contributed by atoms with Crippen molar-refractivity contribution in [3.8, 4) is 10.6 Å². The van der Waals surface area contributed by atoms with E-state index in [2.05, 4.69) is 15.3 Å². The van der Waals surface area contributed by atoms with E-state index in [4.69, 9.17) is 0 Å². The van der Waals surface area contributed by atoms with Gasteiger partial charge in [-0.2, -0.15) is 14.5 Å². The summed E-state index contributed by atoms with van der Waals surface area (Å²) < 4.78 is 29.5. The maximum Gasteiger partial charge on any atom is 0.244 e. The van der Waals surface area contributed by atoms with E-state index in [1.54, 1.807) is 6.07 Å². The van der Waals surface area contributed by atoms with Crippen molar-refractivity contribution in [1.82, 2.24) is 24.3 Å². The van der Waals surface area contributed by atoms with Crippen LogP contribution in [0.25, 0.3) is 10.6 Å². The minimum atomic E-state index is -3.50. The van der Waals surface area contributed by atoms with E-state index in [-0.39, 0.29) is 6.04 Å². The lowest BCUT2D eigenvalue weighted by molar-refractivity contribution is 0.188. The van der Waals surface area contributed by atoms with Gasteiger partial charge in [0.15, 0.2) is 0 Å². The van der Waals surface area contributed by atoms with Crippen LogP contribution >= 0.6 is 11.3 Å². The van der Waals surface area contributed by atoms with Gasteiger partial charge in [-0.1, -0.05) is 0 Å². The molecule has 1 fully saturated rings. The molecule has 0 amide bonds. The second-order valence-corrected chi connectivity index (χ2v) is 9.98. The van der Waals surface area contributed by atoms with Crippen LogP contribution in [0.3, 0.4) is 0 Å². The quantitative estimate of drug-likeness (QED) is 0.741. The molecule has 1 saturated heterocycles. The molecular weight excluding hydrogens is 370 g/mol. The molecule has 3 aromatic rings. The SMILES string of the molecule is Cc1cc(C)n(C2CN(S(=O)(=O)c3cc(-c4cc(C)[nH]n4)sc3C)C2)n1. The number of rotatable bonds is 4. The smallest absolute Gasteiger partial charge is 0.244 e. The van der Waals surface area contributed by atoms with Crippen molar-refractivity contribution in [3.63, 3.8) is 0 Å². The van der Waals surface area contributed by atoms with E-state index in [1.807, 2.05) is 44.5 Å². The Morgan fingerprint density at radius 1 is 1.15 bits per heavy atom. The first kappa shape index (κ1) is 17.4. The second kappa shape index (κ2) is 6.04. The summed E-state index contributed by atoms with van der Waals surface area (Å²) in [7, 11) is -3.50. The Morgan fingerprint density at radius 3 is 2.46 bits per heavy atom. The molecule has 138 valence electrons. The van der Waals surface area contributed by atoms with Crippen molar-refractivity contribution >= 4 is 21.4 Å². The standard InChI is InChI=1S/C17H21N5O2S2/c1-10-6-15(19-18-10)16-7-17(13(4)25-16)26(23,24)21-8-14(9-21)22-12(3)5-11(2)20-22/h5-7,14H,8-9H2,1-4H3,(H,18,19). The Morgan fingerprint density at radius 2 is 1.88 bits per heavy atom. The summed E-state index contributed by atoms with van der Waals surface area (Å²) in [6.45, 7) is 8.63. The normalized spacial score (nSPS) is 16.2. The summed E-state index contributed by atoms with van der Waals surface area (Å²) in [6, 6.07) is 5.77. The molecule has 4 rings (SSSR count). The molecule has 0 aliphatic carbocycles. The van der Waals surface area contributed by atoms with Crippen molar-refractivity contribution in [3.05, 3.63) is 40.2 Å². The maximum atomic E-state index is 13.0. The fourth-order valence-electron chi connectivity index (χ4n) is 3.31. The first-order valence-corrected chi connectivity index (χ1v) is 10.7. The number of sulfonamides is 1. The molecule has 1 N–H and O–H groups in total. The summed E-state index contributed by atoms with van der Waals surface area (Å²) in [5.74, 6) is 0. The molecule has 3 aromatic heterocycles. The molecule has 7 nitrogen and oxygen atoms in total. The molecule has 0 atom stereocenters. The minimum Gasteiger partial charge on any atom is -0.282 e. The number of nitrogens with zero attached hydrogens (tertiary/aromatic N) is 4. The summed E-state index contributed by atoms with van der Waals surface area (Å²) in [6.07, 6.45) is 0. The van der Waals surface area contributed by atoms with Crippen LogP contribution in [-0.2, 0) is 10.0 Å². The first-order valence-electron chi connectivity index (χ1n) is 8.41. The molecule has 0 radical (unpaired) electrons. The van der Waals surface area contributed by atoms with Crippen molar-refractivity contribution in [2.24, 2.45) is 0 Å². The van der Waals surface area contributed by atoms with Crippen LogP contribution in [-0.4, -0.2) is 45.8 Å². The van der Waals surface area contributed by atoms with Crippen LogP contribution < -0.4 is 0 Å². The van der Waals surface area contributed by atoms with E-state index in [9.17, 15) is 8.42 Å². The number of aromatic nitrogens is 4. The predicted octanol–water partition coefficient (Wildman–Crippen LogP) is 2.81. The minimum absolute atomic E-state index is 0.103. The molecule has 0 aromatic carbocycles. The molecule has 4 heterocycles. The summed E-state index contributed by atoms with van der Waals surface area (Å²) >= 11 is 1.46. The number of hydrogen-bond acceptors (Lipinski definition) is 5. The number of hydrogen-bond donors (Lipinski definition) is 1. The number of thiophene rings is 1. The maximum absolute atomic E-state index is 13.0. The van der Waals surface area contributed by atoms with Gasteiger partial charge in [0.25, 0.3) is 0 Å². The molecule has 0 spiro atoms. The lowest BCUT2D eigenvalue weighted by atomic mass is 10.2. The van der Waals surface area contributed by atoms with Crippen molar-refractivity contribution in [2.75, 3.05) is 13.1 Å². The number of aryl methyl sites for hydroxylation is 4. The molecule has 9 heteroatoms. The van der Waals surface area contributed by atoms with Gasteiger partial charge in [-0.15, -0.1) is 11.3 Å². The van der Waals surface area contributed by atoms with Gasteiger partial charge in [0.2, 0.25) is 10.0 Å². The topological polar surface area (TPSA) is 83.9 Å². The van der Waals surface area contributed by atoms with Gasteiger partial charge in [-0.3, -0.25) is 9.78 Å². The van der Waals surface area contributed by atoms with Crippen LogP contribution in [0.1, 0.15) is 28.0 Å². The van der Waals surface area contributed by atoms with Crippen LogP contribution in [0.2, 0.25) is 0 Å². The van der Waals surface area contributed by atoms with Gasteiger partial charge in [0.05, 0.1) is 21.5 Å². The molecule has 1 aliphatic heterocycles. The van der Waals surface area contributed by atoms with Gasteiger partial charge in [-0.25, -0.2) is 8.42 Å². The Hall–Kier alpha value is -1.97. The van der Waals surface area contributed by atoms with E-state index >= 15 is 0 Å². The third-order valence-electron chi connectivity index (χ3n) is 4.67. The van der Waals surface area contributed by atoms with Crippen LogP contribution in [0.5, 0.6) is 0 Å². The summed E-state index contributed by atoms with van der Waals surface area (Å²) in [5.41, 5.74) is 3.75. The Balaban J connectivity index is 1.57. The van der Waals surface area contributed by atoms with E-state index in [0.717, 1.165) is 32.5 Å². The lowest BCUT2D eigenvalue weighted by Gasteiger charge is -2.38. The Bertz CT molecular complexity index is 1070. The largest absolute Gasteiger partial charge is 0.282 e. The first-order chi connectivity index (χ1) is 12.3. The zero-order chi connectivity index (χ0) is 18.6. The van der Waals surface area contributed by atoms with Crippen molar-refractivity contribution in [2.45, 2.75) is 38.6 Å². The van der Waals surface area contributed by atoms with Gasteiger partial charge in [-0.05, 0) is 45.9 Å². The fraction of sp³-hybridized carbons (Fsp3) is 0.412. The van der Waals surface area contributed by atoms with E-state index < -0.39 is 10.0 Å². The van der Waals surface area contributed by atoms with Crippen molar-refractivity contribution < 1.29 is 8.42 Å². The highest BCUT2D eigenvalue weighted by atomic mass is 32.2. The number of aromatic amines is 1. The Labute approximate surface area is 156 Å². The third kappa shape index (κ3) is 2.80. The zero-order valence-corrected chi connectivity index (χ0v) is 16.8. The molecule has 1 aliphatic rings. The van der Waals surface area contributed by atoms with Crippen LogP contribution in [0.4, 0.5) is 0 Å². The van der Waals surface area contributed by atoms with E-state index in [0.29, 0.717) is 18.0 Å². The van der Waals surface area contributed by atoms with Crippen molar-refractivity contribution in [1.29, 1.82) is 0 Å². The Kier molecular flexibility index (Phi) is 4.05. The predicted molar refractivity (Wildman–Crippen MR) is 101 cm³/mol. The number of nitrogens with one attached hydrogen (secondary N) is 1.